The maximum Gasteiger partial charge on any atom is 0.305 e. The van der Waals surface area contributed by atoms with E-state index in [2.05, 4.69) is 6.58 Å². The minimum atomic E-state index is -0.939. The monoisotopic (exact) mass is 184 g/mol. The molecule has 0 heterocycles. The van der Waals surface area contributed by atoms with Crippen LogP contribution in [0.15, 0.2) is 12.7 Å². The summed E-state index contributed by atoms with van der Waals surface area (Å²) in [6, 6.07) is 0. The molecule has 0 amide bonds. The van der Waals surface area contributed by atoms with Gasteiger partial charge in [0.15, 0.2) is 0 Å². The molecular weight excluding hydrogens is 168 g/mol. The van der Waals surface area contributed by atoms with E-state index in [9.17, 15) is 9.90 Å². The van der Waals surface area contributed by atoms with Crippen LogP contribution in [0.25, 0.3) is 0 Å². The number of carbonyl (C=O) groups is 1. The lowest BCUT2D eigenvalue weighted by atomic mass is 9.65. The van der Waals surface area contributed by atoms with E-state index >= 15 is 0 Å². The van der Waals surface area contributed by atoms with Gasteiger partial charge >= 0.3 is 5.97 Å². The minimum absolute atomic E-state index is 0.0227. The molecule has 1 atom stereocenters. The molecule has 3 nitrogen and oxygen atoms in total. The molecule has 2 N–H and O–H groups in total. The fourth-order valence-electron chi connectivity index (χ4n) is 1.87. The van der Waals surface area contributed by atoms with Crippen LogP contribution in [0.2, 0.25) is 0 Å². The van der Waals surface area contributed by atoms with E-state index in [1.54, 1.807) is 0 Å². The second-order valence-corrected chi connectivity index (χ2v) is 3.88. The van der Waals surface area contributed by atoms with Crippen molar-refractivity contribution in [3.05, 3.63) is 12.7 Å². The second kappa shape index (κ2) is 3.92. The topological polar surface area (TPSA) is 57.5 Å². The quantitative estimate of drug-likeness (QED) is 0.637. The third kappa shape index (κ3) is 2.56. The highest BCUT2D eigenvalue weighted by molar-refractivity contribution is 5.67. The lowest BCUT2D eigenvalue weighted by Gasteiger charge is -2.40. The van der Waals surface area contributed by atoms with Crippen molar-refractivity contribution in [2.75, 3.05) is 0 Å². The molecular formula is C10H16O3. The van der Waals surface area contributed by atoms with Gasteiger partial charge in [0, 0.05) is 0 Å². The van der Waals surface area contributed by atoms with E-state index in [1.165, 1.54) is 0 Å². The minimum Gasteiger partial charge on any atom is -0.481 e. The zero-order valence-corrected chi connectivity index (χ0v) is 7.70. The molecule has 0 aromatic rings. The first-order valence-electron chi connectivity index (χ1n) is 4.61. The van der Waals surface area contributed by atoms with Gasteiger partial charge in [0.1, 0.15) is 0 Å². The molecule has 0 aromatic carbocycles. The largest absolute Gasteiger partial charge is 0.481 e. The Hall–Kier alpha value is -0.830. The fourth-order valence-corrected chi connectivity index (χ4v) is 1.87. The molecule has 74 valence electrons. The first kappa shape index (κ1) is 10.3. The molecule has 0 spiro atoms. The van der Waals surface area contributed by atoms with Crippen LogP contribution in [0.3, 0.4) is 0 Å². The third-order valence-electron chi connectivity index (χ3n) is 2.83. The molecule has 0 radical (unpaired) electrons. The van der Waals surface area contributed by atoms with Gasteiger partial charge in [-0.05, 0) is 24.7 Å². The average molecular weight is 184 g/mol. The fraction of sp³-hybridized carbons (Fsp3) is 0.700. The van der Waals surface area contributed by atoms with Crippen LogP contribution in [0.1, 0.15) is 32.1 Å². The van der Waals surface area contributed by atoms with E-state index in [-0.39, 0.29) is 11.8 Å². The van der Waals surface area contributed by atoms with Crippen LogP contribution in [-0.4, -0.2) is 22.3 Å². The second-order valence-electron chi connectivity index (χ2n) is 3.88. The summed E-state index contributed by atoms with van der Waals surface area (Å²) in [5.41, 5.74) is 0.0227. The number of hydrogen-bond acceptors (Lipinski definition) is 2. The Kier molecular flexibility index (Phi) is 3.09. The van der Waals surface area contributed by atoms with Crippen molar-refractivity contribution in [3.63, 3.8) is 0 Å². The van der Waals surface area contributed by atoms with Crippen LogP contribution >= 0.6 is 0 Å². The summed E-state index contributed by atoms with van der Waals surface area (Å²) in [7, 11) is 0. The molecule has 1 aliphatic rings. The zero-order chi connectivity index (χ0) is 9.90. The maximum atomic E-state index is 10.3. The van der Waals surface area contributed by atoms with E-state index in [0.29, 0.717) is 6.42 Å². The number of aliphatic carboxylic acids is 1. The Labute approximate surface area is 78.1 Å². The average Bonchev–Trinajstić information content (AvgIpc) is 1.95. The van der Waals surface area contributed by atoms with Gasteiger partial charge in [-0.25, -0.2) is 0 Å². The first-order valence-corrected chi connectivity index (χ1v) is 4.61. The van der Waals surface area contributed by atoms with Gasteiger partial charge in [-0.2, -0.15) is 0 Å². The summed E-state index contributed by atoms with van der Waals surface area (Å²) in [6.45, 7) is 3.73. The summed E-state index contributed by atoms with van der Waals surface area (Å²) in [5.74, 6) is -0.939. The van der Waals surface area contributed by atoms with Crippen LogP contribution in [0, 0.1) is 5.41 Å². The smallest absolute Gasteiger partial charge is 0.305 e. The molecule has 0 saturated heterocycles. The summed E-state index contributed by atoms with van der Waals surface area (Å²) in [5, 5.41) is 17.9. The number of aliphatic hydroxyl groups is 1. The molecule has 1 unspecified atom stereocenters. The van der Waals surface area contributed by atoms with Crippen molar-refractivity contribution in [3.8, 4) is 0 Å². The van der Waals surface area contributed by atoms with Crippen molar-refractivity contribution in [2.45, 2.75) is 38.2 Å². The highest BCUT2D eigenvalue weighted by Crippen LogP contribution is 2.45. The first-order chi connectivity index (χ1) is 6.08. The normalized spacial score (nSPS) is 21.6. The Bertz CT molecular complexity index is 206. The predicted molar refractivity (Wildman–Crippen MR) is 49.4 cm³/mol. The van der Waals surface area contributed by atoms with E-state index in [1.807, 2.05) is 6.08 Å². The van der Waals surface area contributed by atoms with E-state index in [0.717, 1.165) is 19.3 Å². The Balaban J connectivity index is 2.37. The molecule has 3 heteroatoms. The van der Waals surface area contributed by atoms with Crippen LogP contribution in [0.4, 0.5) is 0 Å². The van der Waals surface area contributed by atoms with Gasteiger partial charge < -0.3 is 10.2 Å². The zero-order valence-electron chi connectivity index (χ0n) is 7.70. The van der Waals surface area contributed by atoms with Gasteiger partial charge in [0.25, 0.3) is 0 Å². The molecule has 13 heavy (non-hydrogen) atoms. The molecule has 1 saturated carbocycles. The molecule has 1 aliphatic carbocycles. The van der Waals surface area contributed by atoms with Gasteiger partial charge in [-0.1, -0.05) is 12.5 Å². The highest BCUT2D eigenvalue weighted by atomic mass is 16.4. The summed E-state index contributed by atoms with van der Waals surface area (Å²) < 4.78 is 0. The SMILES string of the molecule is C=CC1(CC(O)CC(=O)O)CCC1. The Morgan fingerprint density at radius 2 is 2.23 bits per heavy atom. The van der Waals surface area contributed by atoms with E-state index < -0.39 is 12.1 Å². The summed E-state index contributed by atoms with van der Waals surface area (Å²) in [4.78, 5) is 10.3. The summed E-state index contributed by atoms with van der Waals surface area (Å²) >= 11 is 0. The van der Waals surface area contributed by atoms with Crippen molar-refractivity contribution < 1.29 is 15.0 Å². The number of carboxylic acid groups (broad SMARTS) is 1. The van der Waals surface area contributed by atoms with Crippen LogP contribution < -0.4 is 0 Å². The molecule has 0 aliphatic heterocycles. The molecule has 0 bridgehead atoms. The number of carboxylic acids is 1. The van der Waals surface area contributed by atoms with E-state index in [4.69, 9.17) is 5.11 Å². The highest BCUT2D eigenvalue weighted by Gasteiger charge is 2.35. The lowest BCUT2D eigenvalue weighted by molar-refractivity contribution is -0.139. The molecule has 1 rings (SSSR count). The van der Waals surface area contributed by atoms with Crippen molar-refractivity contribution in [2.24, 2.45) is 5.41 Å². The van der Waals surface area contributed by atoms with Crippen molar-refractivity contribution in [1.29, 1.82) is 0 Å². The van der Waals surface area contributed by atoms with Crippen LogP contribution in [-0.2, 0) is 4.79 Å². The van der Waals surface area contributed by atoms with Gasteiger partial charge in [-0.3, -0.25) is 4.79 Å². The van der Waals surface area contributed by atoms with Gasteiger partial charge in [0.05, 0.1) is 12.5 Å². The predicted octanol–water partition coefficient (Wildman–Crippen LogP) is 1.57. The Morgan fingerprint density at radius 3 is 2.54 bits per heavy atom. The third-order valence-corrected chi connectivity index (χ3v) is 2.83. The number of hydrogen-bond donors (Lipinski definition) is 2. The maximum absolute atomic E-state index is 10.3. The van der Waals surface area contributed by atoms with Gasteiger partial charge in [-0.15, -0.1) is 6.58 Å². The molecule has 0 aromatic heterocycles. The van der Waals surface area contributed by atoms with Crippen LogP contribution in [0.5, 0.6) is 0 Å². The number of rotatable bonds is 5. The number of aliphatic hydroxyl groups excluding tert-OH is 1. The molecule has 1 fully saturated rings. The Morgan fingerprint density at radius 1 is 1.62 bits per heavy atom. The van der Waals surface area contributed by atoms with Crippen molar-refractivity contribution >= 4 is 5.97 Å². The van der Waals surface area contributed by atoms with Crippen molar-refractivity contribution in [1.82, 2.24) is 0 Å². The lowest BCUT2D eigenvalue weighted by Crippen LogP contribution is -2.32. The number of allylic oxidation sites excluding steroid dienone is 1. The standard InChI is InChI=1S/C10H16O3/c1-2-10(4-3-5-10)7-8(11)6-9(12)13/h2,8,11H,1,3-7H2,(H,12,13). The van der Waals surface area contributed by atoms with Gasteiger partial charge in [0.2, 0.25) is 0 Å². The summed E-state index contributed by atoms with van der Waals surface area (Å²) in [6.07, 6.45) is 4.75.